The number of benzene rings is 1. The summed E-state index contributed by atoms with van der Waals surface area (Å²) >= 11 is 0. The lowest BCUT2D eigenvalue weighted by Gasteiger charge is -2.11. The van der Waals surface area contributed by atoms with E-state index in [1.807, 2.05) is 6.92 Å². The second kappa shape index (κ2) is 5.67. The van der Waals surface area contributed by atoms with Crippen molar-refractivity contribution in [2.24, 2.45) is 7.05 Å². The second-order valence-corrected chi connectivity index (χ2v) is 4.74. The molecule has 4 nitrogen and oxygen atoms in total. The molecule has 0 saturated heterocycles. The molecule has 0 aliphatic heterocycles. The van der Waals surface area contributed by atoms with Crippen LogP contribution in [-0.4, -0.2) is 9.78 Å². The predicted molar refractivity (Wildman–Crippen MR) is 75.8 cm³/mol. The van der Waals surface area contributed by atoms with Crippen molar-refractivity contribution in [3.8, 4) is 0 Å². The largest absolute Gasteiger partial charge is 0.416 e. The fraction of sp³-hybridized carbons (Fsp3) is 0.357. The van der Waals surface area contributed by atoms with E-state index in [1.54, 1.807) is 17.8 Å². The first-order chi connectivity index (χ1) is 9.82. The highest BCUT2D eigenvalue weighted by Crippen LogP contribution is 2.30. The summed E-state index contributed by atoms with van der Waals surface area (Å²) in [7, 11) is 1.74. The first-order valence-electron chi connectivity index (χ1n) is 6.54. The Morgan fingerprint density at radius 2 is 2.05 bits per heavy atom. The molecule has 21 heavy (non-hydrogen) atoms. The molecule has 7 heteroatoms. The van der Waals surface area contributed by atoms with Crippen LogP contribution >= 0.6 is 0 Å². The monoisotopic (exact) mass is 298 g/mol. The minimum atomic E-state index is -4.34. The number of hydrogen-bond donors (Lipinski definition) is 2. The standard InChI is InChI=1S/C14H17F3N4/c1-3-11-12(18)13(21(2)20-11)19-8-9-5-4-6-10(7-9)14(15,16)17/h4-7,19H,3,8,18H2,1-2H3. The maximum absolute atomic E-state index is 12.7. The van der Waals surface area contributed by atoms with E-state index < -0.39 is 11.7 Å². The van der Waals surface area contributed by atoms with Crippen molar-refractivity contribution in [1.29, 1.82) is 0 Å². The lowest BCUT2D eigenvalue weighted by atomic mass is 10.1. The van der Waals surface area contributed by atoms with E-state index in [4.69, 9.17) is 5.73 Å². The summed E-state index contributed by atoms with van der Waals surface area (Å²) in [6.07, 6.45) is -3.64. The van der Waals surface area contributed by atoms with Crippen LogP contribution in [0, 0.1) is 0 Å². The van der Waals surface area contributed by atoms with Gasteiger partial charge in [0.1, 0.15) is 5.82 Å². The van der Waals surface area contributed by atoms with Crippen molar-refractivity contribution in [1.82, 2.24) is 9.78 Å². The molecule has 1 heterocycles. The second-order valence-electron chi connectivity index (χ2n) is 4.74. The number of rotatable bonds is 4. The van der Waals surface area contributed by atoms with Gasteiger partial charge >= 0.3 is 6.18 Å². The van der Waals surface area contributed by atoms with Gasteiger partial charge in [-0.05, 0) is 24.1 Å². The summed E-state index contributed by atoms with van der Waals surface area (Å²) in [6.45, 7) is 2.19. The molecule has 0 unspecified atom stereocenters. The number of nitrogens with zero attached hydrogens (tertiary/aromatic N) is 2. The Hall–Kier alpha value is -2.18. The topological polar surface area (TPSA) is 55.9 Å². The quantitative estimate of drug-likeness (QED) is 0.911. The SMILES string of the molecule is CCc1nn(C)c(NCc2cccc(C(F)(F)F)c2)c1N. The molecular formula is C14H17F3N4. The highest BCUT2D eigenvalue weighted by molar-refractivity contribution is 5.65. The van der Waals surface area contributed by atoms with Gasteiger partial charge in [-0.25, -0.2) is 0 Å². The van der Waals surface area contributed by atoms with Crippen molar-refractivity contribution in [3.63, 3.8) is 0 Å². The van der Waals surface area contributed by atoms with Crippen LogP contribution in [0.2, 0.25) is 0 Å². The minimum absolute atomic E-state index is 0.247. The summed E-state index contributed by atoms with van der Waals surface area (Å²) in [4.78, 5) is 0. The minimum Gasteiger partial charge on any atom is -0.394 e. The van der Waals surface area contributed by atoms with Crippen LogP contribution in [0.4, 0.5) is 24.7 Å². The molecule has 2 aromatic rings. The maximum Gasteiger partial charge on any atom is 0.416 e. The fourth-order valence-corrected chi connectivity index (χ4v) is 2.11. The average molecular weight is 298 g/mol. The third-order valence-corrected chi connectivity index (χ3v) is 3.21. The van der Waals surface area contributed by atoms with Gasteiger partial charge in [0.05, 0.1) is 16.9 Å². The lowest BCUT2D eigenvalue weighted by molar-refractivity contribution is -0.137. The van der Waals surface area contributed by atoms with Crippen molar-refractivity contribution in [3.05, 3.63) is 41.1 Å². The number of alkyl halides is 3. The summed E-state index contributed by atoms with van der Waals surface area (Å²) in [5.74, 6) is 0.615. The molecule has 1 aromatic carbocycles. The van der Waals surface area contributed by atoms with Crippen molar-refractivity contribution >= 4 is 11.5 Å². The first-order valence-corrected chi connectivity index (χ1v) is 6.54. The Morgan fingerprint density at radius 3 is 2.62 bits per heavy atom. The van der Waals surface area contributed by atoms with E-state index in [0.717, 1.165) is 17.8 Å². The molecule has 0 aliphatic carbocycles. The molecule has 1 aromatic heterocycles. The Kier molecular flexibility index (Phi) is 4.11. The third kappa shape index (κ3) is 3.29. The van der Waals surface area contributed by atoms with Crippen LogP contribution in [0.1, 0.15) is 23.7 Å². The van der Waals surface area contributed by atoms with E-state index in [2.05, 4.69) is 10.4 Å². The van der Waals surface area contributed by atoms with E-state index in [9.17, 15) is 13.2 Å². The molecule has 2 rings (SSSR count). The van der Waals surface area contributed by atoms with E-state index in [1.165, 1.54) is 6.07 Å². The average Bonchev–Trinajstić information content (AvgIpc) is 2.70. The zero-order chi connectivity index (χ0) is 15.6. The number of aromatic nitrogens is 2. The number of nitrogens with one attached hydrogen (secondary N) is 1. The molecule has 0 atom stereocenters. The third-order valence-electron chi connectivity index (χ3n) is 3.21. The van der Waals surface area contributed by atoms with E-state index in [0.29, 0.717) is 23.5 Å². The fourth-order valence-electron chi connectivity index (χ4n) is 2.11. The van der Waals surface area contributed by atoms with Gasteiger partial charge < -0.3 is 11.1 Å². The normalized spacial score (nSPS) is 11.7. The Balaban J connectivity index is 2.16. The molecule has 0 amide bonds. The summed E-state index contributed by atoms with van der Waals surface area (Å²) < 4.78 is 39.6. The molecule has 0 aliphatic rings. The van der Waals surface area contributed by atoms with Crippen LogP contribution in [0.5, 0.6) is 0 Å². The first kappa shape index (κ1) is 15.2. The summed E-state index contributed by atoms with van der Waals surface area (Å²) in [6, 6.07) is 5.21. The molecule has 0 bridgehead atoms. The van der Waals surface area contributed by atoms with Gasteiger partial charge in [-0.1, -0.05) is 19.1 Å². The van der Waals surface area contributed by atoms with Crippen LogP contribution in [0.15, 0.2) is 24.3 Å². The smallest absolute Gasteiger partial charge is 0.394 e. The molecule has 3 N–H and O–H groups in total. The Bertz CT molecular complexity index is 632. The molecule has 0 spiro atoms. The van der Waals surface area contributed by atoms with E-state index in [-0.39, 0.29) is 6.54 Å². The van der Waals surface area contributed by atoms with Crippen molar-refractivity contribution in [2.45, 2.75) is 26.1 Å². The molecule has 0 fully saturated rings. The van der Waals surface area contributed by atoms with Gasteiger partial charge in [0.25, 0.3) is 0 Å². The molecule has 0 radical (unpaired) electrons. The number of hydrogen-bond acceptors (Lipinski definition) is 3. The number of halogens is 3. The van der Waals surface area contributed by atoms with Gasteiger partial charge in [0, 0.05) is 13.6 Å². The van der Waals surface area contributed by atoms with Crippen molar-refractivity contribution in [2.75, 3.05) is 11.1 Å². The Labute approximate surface area is 120 Å². The number of aryl methyl sites for hydroxylation is 2. The van der Waals surface area contributed by atoms with Crippen LogP contribution < -0.4 is 11.1 Å². The summed E-state index contributed by atoms with van der Waals surface area (Å²) in [5.41, 5.74) is 7.13. The zero-order valence-electron chi connectivity index (χ0n) is 11.8. The van der Waals surface area contributed by atoms with E-state index >= 15 is 0 Å². The molecule has 114 valence electrons. The van der Waals surface area contributed by atoms with Crippen LogP contribution in [0.3, 0.4) is 0 Å². The van der Waals surface area contributed by atoms with Gasteiger partial charge in [-0.3, -0.25) is 4.68 Å². The number of nitrogens with two attached hydrogens (primary N) is 1. The predicted octanol–water partition coefficient (Wildman–Crippen LogP) is 3.20. The number of nitrogen functional groups attached to an aromatic ring is 1. The van der Waals surface area contributed by atoms with Gasteiger partial charge in [-0.15, -0.1) is 0 Å². The molecule has 0 saturated carbocycles. The highest BCUT2D eigenvalue weighted by atomic mass is 19.4. The lowest BCUT2D eigenvalue weighted by Crippen LogP contribution is -2.09. The van der Waals surface area contributed by atoms with Gasteiger partial charge in [0.2, 0.25) is 0 Å². The van der Waals surface area contributed by atoms with Gasteiger partial charge in [0.15, 0.2) is 0 Å². The zero-order valence-corrected chi connectivity index (χ0v) is 11.8. The highest BCUT2D eigenvalue weighted by Gasteiger charge is 2.30. The van der Waals surface area contributed by atoms with Gasteiger partial charge in [-0.2, -0.15) is 18.3 Å². The Morgan fingerprint density at radius 1 is 1.33 bits per heavy atom. The van der Waals surface area contributed by atoms with Crippen LogP contribution in [0.25, 0.3) is 0 Å². The van der Waals surface area contributed by atoms with Crippen LogP contribution in [-0.2, 0) is 26.2 Å². The number of anilines is 2. The molecular weight excluding hydrogens is 281 g/mol. The summed E-state index contributed by atoms with van der Waals surface area (Å²) in [5, 5.41) is 7.29. The van der Waals surface area contributed by atoms with Crippen molar-refractivity contribution < 1.29 is 13.2 Å². The maximum atomic E-state index is 12.7.